The molecule has 2 N–H and O–H groups in total. The lowest BCUT2D eigenvalue weighted by Crippen LogP contribution is -2.45. The highest BCUT2D eigenvalue weighted by Crippen LogP contribution is 2.14. The van der Waals surface area contributed by atoms with Crippen molar-refractivity contribution in [3.63, 3.8) is 0 Å². The second-order valence-corrected chi connectivity index (χ2v) is 5.03. The third kappa shape index (κ3) is 5.30. The molecule has 0 spiro atoms. The van der Waals surface area contributed by atoms with Gasteiger partial charge in [0.25, 0.3) is 0 Å². The van der Waals surface area contributed by atoms with E-state index < -0.39 is 5.54 Å². The Morgan fingerprint density at radius 1 is 1.26 bits per heavy atom. The Balaban J connectivity index is 2.21. The van der Waals surface area contributed by atoms with Crippen molar-refractivity contribution in [2.24, 2.45) is 5.73 Å². The Morgan fingerprint density at radius 3 is 2.47 bits per heavy atom. The van der Waals surface area contributed by atoms with Crippen LogP contribution in [-0.4, -0.2) is 25.2 Å². The molecule has 0 aliphatic heterocycles. The molecule has 1 atom stereocenters. The van der Waals surface area contributed by atoms with Gasteiger partial charge < -0.3 is 15.2 Å². The summed E-state index contributed by atoms with van der Waals surface area (Å²) < 4.78 is 10.3. The van der Waals surface area contributed by atoms with Gasteiger partial charge in [-0.3, -0.25) is 4.79 Å². The van der Waals surface area contributed by atoms with Gasteiger partial charge in [0.05, 0.1) is 13.7 Å². The molecule has 0 saturated heterocycles. The van der Waals surface area contributed by atoms with Crippen LogP contribution in [0.3, 0.4) is 0 Å². The van der Waals surface area contributed by atoms with Gasteiger partial charge in [0, 0.05) is 0 Å². The average Bonchev–Trinajstić information content (AvgIpc) is 2.39. The summed E-state index contributed by atoms with van der Waals surface area (Å²) in [6.07, 6.45) is 2.28. The van der Waals surface area contributed by atoms with Crippen molar-refractivity contribution in [1.82, 2.24) is 0 Å². The van der Waals surface area contributed by atoms with Gasteiger partial charge in [-0.2, -0.15) is 0 Å². The largest absolute Gasteiger partial charge is 0.494 e. The van der Waals surface area contributed by atoms with Crippen molar-refractivity contribution >= 4 is 5.97 Å². The van der Waals surface area contributed by atoms with Gasteiger partial charge >= 0.3 is 5.97 Å². The van der Waals surface area contributed by atoms with Gasteiger partial charge in [0.1, 0.15) is 11.3 Å². The summed E-state index contributed by atoms with van der Waals surface area (Å²) >= 11 is 0. The molecule has 1 aromatic rings. The molecule has 0 amide bonds. The van der Waals surface area contributed by atoms with Crippen molar-refractivity contribution in [3.8, 4) is 5.75 Å². The number of benzene rings is 1. The highest BCUT2D eigenvalue weighted by atomic mass is 16.5. The number of hydrogen-bond acceptors (Lipinski definition) is 4. The van der Waals surface area contributed by atoms with Crippen LogP contribution in [0.25, 0.3) is 0 Å². The first-order valence-corrected chi connectivity index (χ1v) is 6.52. The van der Waals surface area contributed by atoms with E-state index in [0.717, 1.165) is 18.6 Å². The van der Waals surface area contributed by atoms with E-state index in [-0.39, 0.29) is 5.97 Å². The van der Waals surface area contributed by atoms with Crippen LogP contribution >= 0.6 is 0 Å². The van der Waals surface area contributed by atoms with Crippen molar-refractivity contribution in [3.05, 3.63) is 29.8 Å². The molecule has 0 bridgehead atoms. The van der Waals surface area contributed by atoms with Crippen LogP contribution in [0.2, 0.25) is 0 Å². The Hall–Kier alpha value is -1.55. The molecule has 1 unspecified atom stereocenters. The minimum Gasteiger partial charge on any atom is -0.494 e. The topological polar surface area (TPSA) is 61.5 Å². The molecule has 0 radical (unpaired) electrons. The van der Waals surface area contributed by atoms with Crippen LogP contribution in [0.4, 0.5) is 0 Å². The summed E-state index contributed by atoms with van der Waals surface area (Å²) in [5, 5.41) is 0. The monoisotopic (exact) mass is 265 g/mol. The smallest absolute Gasteiger partial charge is 0.325 e. The van der Waals surface area contributed by atoms with Crippen LogP contribution in [0.1, 0.15) is 31.7 Å². The standard InChI is InChI=1S/C15H23NO3/c1-12-6-8-13(9-7-12)19-11-5-4-10-15(2,16)14(17)18-3/h6-9H,4-5,10-11,16H2,1-3H3. The van der Waals surface area contributed by atoms with Gasteiger partial charge in [-0.15, -0.1) is 0 Å². The van der Waals surface area contributed by atoms with E-state index >= 15 is 0 Å². The number of esters is 1. The summed E-state index contributed by atoms with van der Waals surface area (Å²) in [6, 6.07) is 7.95. The molecule has 4 nitrogen and oxygen atoms in total. The van der Waals surface area contributed by atoms with Crippen LogP contribution in [0, 0.1) is 6.92 Å². The van der Waals surface area contributed by atoms with Crippen molar-refractivity contribution in [2.75, 3.05) is 13.7 Å². The minimum atomic E-state index is -0.904. The SMILES string of the molecule is COC(=O)C(C)(N)CCCCOc1ccc(C)cc1. The maximum Gasteiger partial charge on any atom is 0.325 e. The second-order valence-electron chi connectivity index (χ2n) is 5.03. The first kappa shape index (κ1) is 15.5. The number of rotatable bonds is 7. The minimum absolute atomic E-state index is 0.369. The Morgan fingerprint density at radius 2 is 1.89 bits per heavy atom. The van der Waals surface area contributed by atoms with Crippen molar-refractivity contribution < 1.29 is 14.3 Å². The molecule has 1 rings (SSSR count). The number of aryl methyl sites for hydroxylation is 1. The fraction of sp³-hybridized carbons (Fsp3) is 0.533. The summed E-state index contributed by atoms with van der Waals surface area (Å²) in [7, 11) is 1.36. The predicted octanol–water partition coefficient (Wildman–Crippen LogP) is 2.43. The number of methoxy groups -OCH3 is 1. The molecule has 0 aromatic heterocycles. The highest BCUT2D eigenvalue weighted by molar-refractivity contribution is 5.79. The molecular weight excluding hydrogens is 242 g/mol. The molecule has 0 heterocycles. The van der Waals surface area contributed by atoms with Crippen LogP contribution in [0.15, 0.2) is 24.3 Å². The summed E-state index contributed by atoms with van der Waals surface area (Å²) in [4.78, 5) is 11.4. The molecule has 0 aliphatic rings. The van der Waals surface area contributed by atoms with E-state index in [1.165, 1.54) is 12.7 Å². The average molecular weight is 265 g/mol. The zero-order valence-electron chi connectivity index (χ0n) is 11.9. The molecule has 0 aliphatic carbocycles. The quantitative estimate of drug-likeness (QED) is 0.607. The molecular formula is C15H23NO3. The van der Waals surface area contributed by atoms with E-state index in [1.54, 1.807) is 6.92 Å². The van der Waals surface area contributed by atoms with Gasteiger partial charge in [0.15, 0.2) is 0 Å². The van der Waals surface area contributed by atoms with Crippen LogP contribution in [0.5, 0.6) is 5.75 Å². The maximum atomic E-state index is 11.4. The van der Waals surface area contributed by atoms with Crippen molar-refractivity contribution in [2.45, 2.75) is 38.6 Å². The third-order valence-corrected chi connectivity index (χ3v) is 3.03. The van der Waals surface area contributed by atoms with Gasteiger partial charge in [-0.05, 0) is 45.2 Å². The van der Waals surface area contributed by atoms with E-state index in [0.29, 0.717) is 13.0 Å². The fourth-order valence-electron chi connectivity index (χ4n) is 1.75. The first-order valence-electron chi connectivity index (χ1n) is 6.52. The van der Waals surface area contributed by atoms with E-state index in [4.69, 9.17) is 10.5 Å². The first-order chi connectivity index (χ1) is 8.95. The number of unbranched alkanes of at least 4 members (excludes halogenated alkanes) is 1. The zero-order valence-corrected chi connectivity index (χ0v) is 11.9. The predicted molar refractivity (Wildman–Crippen MR) is 75.1 cm³/mol. The fourth-order valence-corrected chi connectivity index (χ4v) is 1.75. The number of carbonyl (C=O) groups excluding carboxylic acids is 1. The maximum absolute atomic E-state index is 11.4. The van der Waals surface area contributed by atoms with Gasteiger partial charge in [-0.1, -0.05) is 17.7 Å². The lowest BCUT2D eigenvalue weighted by atomic mass is 9.96. The van der Waals surface area contributed by atoms with E-state index in [9.17, 15) is 4.79 Å². The molecule has 0 saturated carbocycles. The number of carbonyl (C=O) groups is 1. The highest BCUT2D eigenvalue weighted by Gasteiger charge is 2.28. The third-order valence-electron chi connectivity index (χ3n) is 3.03. The van der Waals surface area contributed by atoms with Crippen LogP contribution < -0.4 is 10.5 Å². The zero-order chi connectivity index (χ0) is 14.3. The molecule has 0 fully saturated rings. The molecule has 19 heavy (non-hydrogen) atoms. The summed E-state index contributed by atoms with van der Waals surface area (Å²) in [6.45, 7) is 4.36. The van der Waals surface area contributed by atoms with E-state index in [2.05, 4.69) is 4.74 Å². The summed E-state index contributed by atoms with van der Waals surface area (Å²) in [5.41, 5.74) is 6.17. The molecule has 1 aromatic carbocycles. The Kier molecular flexibility index (Phi) is 5.83. The second kappa shape index (κ2) is 7.14. The van der Waals surface area contributed by atoms with E-state index in [1.807, 2.05) is 31.2 Å². The Bertz CT molecular complexity index is 398. The van der Waals surface area contributed by atoms with Gasteiger partial charge in [-0.25, -0.2) is 0 Å². The van der Waals surface area contributed by atoms with Crippen molar-refractivity contribution in [1.29, 1.82) is 0 Å². The van der Waals surface area contributed by atoms with Crippen LogP contribution in [-0.2, 0) is 9.53 Å². The van der Waals surface area contributed by atoms with Gasteiger partial charge in [0.2, 0.25) is 0 Å². The Labute approximate surface area is 114 Å². The lowest BCUT2D eigenvalue weighted by molar-refractivity contribution is -0.146. The lowest BCUT2D eigenvalue weighted by Gasteiger charge is -2.21. The summed E-state index contributed by atoms with van der Waals surface area (Å²) in [5.74, 6) is 0.501. The number of ether oxygens (including phenoxy) is 2. The molecule has 106 valence electrons. The number of hydrogen-bond donors (Lipinski definition) is 1. The normalized spacial score (nSPS) is 13.7. The number of nitrogens with two attached hydrogens (primary N) is 1. The molecule has 4 heteroatoms.